The second kappa shape index (κ2) is 6.76. The van der Waals surface area contributed by atoms with E-state index in [1.165, 1.54) is 49.4 Å². The summed E-state index contributed by atoms with van der Waals surface area (Å²) in [5, 5.41) is 0. The van der Waals surface area contributed by atoms with Crippen molar-refractivity contribution in [3.05, 3.63) is 83.4 Å². The molecule has 0 unspecified atom stereocenters. The number of rotatable bonds is 2. The molecule has 0 saturated heterocycles. The molecule has 140 valence electrons. The van der Waals surface area contributed by atoms with Gasteiger partial charge in [-0.1, -0.05) is 66.7 Å². The molecule has 0 bridgehead atoms. The Bertz CT molecular complexity index is 938. The van der Waals surface area contributed by atoms with Gasteiger partial charge in [-0.3, -0.25) is 0 Å². The van der Waals surface area contributed by atoms with Crippen molar-refractivity contribution in [3.8, 4) is 22.3 Å². The van der Waals surface area contributed by atoms with E-state index in [4.69, 9.17) is 0 Å². The van der Waals surface area contributed by atoms with Crippen LogP contribution in [0.2, 0.25) is 0 Å². The molecule has 0 aromatic heterocycles. The smallest absolute Gasteiger partial charge is 0.166 e. The van der Waals surface area contributed by atoms with Gasteiger partial charge in [0.05, 0.1) is 11.1 Å². The van der Waals surface area contributed by atoms with Gasteiger partial charge in [0.1, 0.15) is 0 Å². The SMILES string of the molecule is Cc1cc(-c2ccccc2)c(C(F)(F)F)c(-c2ccccc2)c1C(F)(F)F. The van der Waals surface area contributed by atoms with E-state index in [9.17, 15) is 26.3 Å². The lowest BCUT2D eigenvalue weighted by atomic mass is 9.85. The van der Waals surface area contributed by atoms with Crippen molar-refractivity contribution in [2.24, 2.45) is 0 Å². The number of hydrogen-bond donors (Lipinski definition) is 0. The predicted molar refractivity (Wildman–Crippen MR) is 92.1 cm³/mol. The molecule has 3 aromatic rings. The van der Waals surface area contributed by atoms with E-state index < -0.39 is 29.0 Å². The van der Waals surface area contributed by atoms with Crippen LogP contribution >= 0.6 is 0 Å². The van der Waals surface area contributed by atoms with Crippen molar-refractivity contribution < 1.29 is 26.3 Å². The van der Waals surface area contributed by atoms with Crippen LogP contribution in [0.25, 0.3) is 22.3 Å². The average Bonchev–Trinajstić information content (AvgIpc) is 2.60. The molecule has 27 heavy (non-hydrogen) atoms. The summed E-state index contributed by atoms with van der Waals surface area (Å²) in [5.74, 6) is 0. The summed E-state index contributed by atoms with van der Waals surface area (Å²) < 4.78 is 83.2. The molecule has 0 heterocycles. The highest BCUT2D eigenvalue weighted by molar-refractivity contribution is 5.83. The van der Waals surface area contributed by atoms with Gasteiger partial charge < -0.3 is 0 Å². The van der Waals surface area contributed by atoms with Gasteiger partial charge in [-0.15, -0.1) is 0 Å². The van der Waals surface area contributed by atoms with Gasteiger partial charge in [0.25, 0.3) is 0 Å². The van der Waals surface area contributed by atoms with Crippen LogP contribution in [0.15, 0.2) is 66.7 Å². The molecule has 0 amide bonds. The molecule has 0 nitrogen and oxygen atoms in total. The minimum absolute atomic E-state index is 0.127. The first-order valence-electron chi connectivity index (χ1n) is 8.03. The second-order valence-electron chi connectivity index (χ2n) is 6.09. The molecule has 0 saturated carbocycles. The normalized spacial score (nSPS) is 12.3. The lowest BCUT2D eigenvalue weighted by Gasteiger charge is -2.24. The molecule has 3 rings (SSSR count). The Morgan fingerprint density at radius 2 is 1.04 bits per heavy atom. The fourth-order valence-electron chi connectivity index (χ4n) is 3.22. The molecule has 0 fully saturated rings. The highest BCUT2D eigenvalue weighted by Crippen LogP contribution is 2.49. The molecule has 6 heteroatoms. The van der Waals surface area contributed by atoms with E-state index in [2.05, 4.69) is 0 Å². The zero-order valence-corrected chi connectivity index (χ0v) is 14.1. The zero-order chi connectivity index (χ0) is 19.8. The second-order valence-corrected chi connectivity index (χ2v) is 6.09. The highest BCUT2D eigenvalue weighted by Gasteiger charge is 2.44. The van der Waals surface area contributed by atoms with Crippen LogP contribution in [0.5, 0.6) is 0 Å². The van der Waals surface area contributed by atoms with Crippen LogP contribution < -0.4 is 0 Å². The van der Waals surface area contributed by atoms with Gasteiger partial charge >= 0.3 is 12.4 Å². The van der Waals surface area contributed by atoms with Gasteiger partial charge in [0.15, 0.2) is 0 Å². The van der Waals surface area contributed by atoms with Gasteiger partial charge in [-0.25, -0.2) is 0 Å². The molecule has 3 aromatic carbocycles. The predicted octanol–water partition coefficient (Wildman–Crippen LogP) is 7.37. The van der Waals surface area contributed by atoms with Crippen LogP contribution in [0.1, 0.15) is 16.7 Å². The van der Waals surface area contributed by atoms with Crippen LogP contribution in [0.3, 0.4) is 0 Å². The number of benzene rings is 3. The quantitative estimate of drug-likeness (QED) is 0.407. The summed E-state index contributed by atoms with van der Waals surface area (Å²) >= 11 is 0. The topological polar surface area (TPSA) is 0 Å². The lowest BCUT2D eigenvalue weighted by molar-refractivity contribution is -0.142. The minimum Gasteiger partial charge on any atom is -0.166 e. The van der Waals surface area contributed by atoms with Crippen molar-refractivity contribution in [2.75, 3.05) is 0 Å². The Hall–Kier alpha value is -2.76. The van der Waals surface area contributed by atoms with E-state index in [0.29, 0.717) is 0 Å². The lowest BCUT2D eigenvalue weighted by Crippen LogP contribution is -2.17. The molecule has 0 N–H and O–H groups in total. The van der Waals surface area contributed by atoms with Gasteiger partial charge in [-0.2, -0.15) is 26.3 Å². The number of alkyl halides is 6. The summed E-state index contributed by atoms with van der Waals surface area (Å²) in [4.78, 5) is 0. The van der Waals surface area contributed by atoms with Crippen molar-refractivity contribution >= 4 is 0 Å². The first kappa shape index (κ1) is 19.0. The number of halogens is 6. The third kappa shape index (κ3) is 3.70. The molecule has 0 atom stereocenters. The fraction of sp³-hybridized carbons (Fsp3) is 0.143. The minimum atomic E-state index is -4.97. The molecule has 0 aliphatic heterocycles. The number of hydrogen-bond acceptors (Lipinski definition) is 0. The van der Waals surface area contributed by atoms with Gasteiger partial charge in [-0.05, 0) is 29.2 Å². The average molecular weight is 380 g/mol. The molecule has 0 aliphatic carbocycles. The molecule has 0 aliphatic rings. The van der Waals surface area contributed by atoms with Crippen LogP contribution in [-0.4, -0.2) is 0 Å². The number of aryl methyl sites for hydroxylation is 1. The van der Waals surface area contributed by atoms with E-state index >= 15 is 0 Å². The maximum atomic E-state index is 14.0. The third-order valence-corrected chi connectivity index (χ3v) is 4.24. The van der Waals surface area contributed by atoms with E-state index in [1.54, 1.807) is 18.2 Å². The summed E-state index contributed by atoms with van der Waals surface area (Å²) in [6.07, 6.45) is -9.89. The maximum absolute atomic E-state index is 14.0. The van der Waals surface area contributed by atoms with Crippen molar-refractivity contribution in [3.63, 3.8) is 0 Å². The zero-order valence-electron chi connectivity index (χ0n) is 14.1. The van der Waals surface area contributed by atoms with Crippen LogP contribution in [0, 0.1) is 6.92 Å². The Kier molecular flexibility index (Phi) is 4.76. The standard InChI is InChI=1S/C21H14F6/c1-13-12-16(14-8-4-2-5-9-14)19(21(25,26)27)17(18(13)20(22,23)24)15-10-6-3-7-11-15/h2-12H,1H3. The highest BCUT2D eigenvalue weighted by atomic mass is 19.4. The molecule has 0 spiro atoms. The summed E-state index contributed by atoms with van der Waals surface area (Å²) in [6.45, 7) is 1.18. The third-order valence-electron chi connectivity index (χ3n) is 4.24. The Morgan fingerprint density at radius 1 is 0.593 bits per heavy atom. The van der Waals surface area contributed by atoms with Crippen LogP contribution in [-0.2, 0) is 12.4 Å². The summed E-state index contributed by atoms with van der Waals surface area (Å²) in [7, 11) is 0. The van der Waals surface area contributed by atoms with Gasteiger partial charge in [0, 0.05) is 5.56 Å². The maximum Gasteiger partial charge on any atom is 0.417 e. The van der Waals surface area contributed by atoms with Crippen molar-refractivity contribution in [2.45, 2.75) is 19.3 Å². The molecular formula is C21H14F6. The van der Waals surface area contributed by atoms with Crippen molar-refractivity contribution in [1.82, 2.24) is 0 Å². The van der Waals surface area contributed by atoms with Gasteiger partial charge in [0.2, 0.25) is 0 Å². The Labute approximate surface area is 152 Å². The molecular weight excluding hydrogens is 366 g/mol. The first-order chi connectivity index (χ1) is 12.6. The summed E-state index contributed by atoms with van der Waals surface area (Å²) in [5.41, 5.74) is -3.83. The van der Waals surface area contributed by atoms with E-state index in [-0.39, 0.29) is 22.3 Å². The largest absolute Gasteiger partial charge is 0.417 e. The van der Waals surface area contributed by atoms with E-state index in [1.807, 2.05) is 0 Å². The monoisotopic (exact) mass is 380 g/mol. The van der Waals surface area contributed by atoms with Crippen LogP contribution in [0.4, 0.5) is 26.3 Å². The summed E-state index contributed by atoms with van der Waals surface area (Å²) in [6, 6.07) is 15.5. The Morgan fingerprint density at radius 3 is 1.48 bits per heavy atom. The molecule has 0 radical (unpaired) electrons. The van der Waals surface area contributed by atoms with E-state index in [0.717, 1.165) is 6.07 Å². The van der Waals surface area contributed by atoms with Crippen molar-refractivity contribution in [1.29, 1.82) is 0 Å². The first-order valence-corrected chi connectivity index (χ1v) is 8.03. The Balaban J connectivity index is 2.52. The fourth-order valence-corrected chi connectivity index (χ4v) is 3.22.